The summed E-state index contributed by atoms with van der Waals surface area (Å²) in [7, 11) is -3.92. The van der Waals surface area contributed by atoms with Crippen molar-refractivity contribution >= 4 is 32.5 Å². The van der Waals surface area contributed by atoms with Crippen LogP contribution >= 0.6 is 0 Å². The summed E-state index contributed by atoms with van der Waals surface area (Å²) < 4.78 is 27.9. The molecule has 146 valence electrons. The van der Waals surface area contributed by atoms with Gasteiger partial charge in [-0.3, -0.25) is 4.31 Å². The van der Waals surface area contributed by atoms with Crippen LogP contribution in [0.3, 0.4) is 0 Å². The van der Waals surface area contributed by atoms with Crippen molar-refractivity contribution in [2.24, 2.45) is 5.92 Å². The minimum absolute atomic E-state index is 0.0107. The molecule has 0 heterocycles. The van der Waals surface area contributed by atoms with E-state index in [1.54, 1.807) is 18.2 Å². The van der Waals surface area contributed by atoms with Gasteiger partial charge in [-0.05, 0) is 41.0 Å². The third kappa shape index (κ3) is 3.80. The first kappa shape index (κ1) is 19.7. The number of aromatic carboxylic acids is 1. The molecular formula is C21H21NO5S. The van der Waals surface area contributed by atoms with E-state index in [1.165, 1.54) is 22.5 Å². The number of carboxylic acid groups (broad SMARTS) is 1. The summed E-state index contributed by atoms with van der Waals surface area (Å²) in [6.45, 7) is 3.95. The lowest BCUT2D eigenvalue weighted by Gasteiger charge is -2.26. The lowest BCUT2D eigenvalue weighted by atomic mass is 10.1. The first-order chi connectivity index (χ1) is 13.2. The molecule has 0 aromatic heterocycles. The zero-order valence-corrected chi connectivity index (χ0v) is 16.3. The fraction of sp³-hybridized carbons (Fsp3) is 0.190. The van der Waals surface area contributed by atoms with Crippen molar-refractivity contribution in [3.8, 4) is 5.75 Å². The van der Waals surface area contributed by atoms with E-state index in [0.717, 1.165) is 10.8 Å². The van der Waals surface area contributed by atoms with Crippen molar-refractivity contribution in [2.45, 2.75) is 18.7 Å². The van der Waals surface area contributed by atoms with Crippen LogP contribution in [0.2, 0.25) is 0 Å². The molecule has 0 atom stereocenters. The summed E-state index contributed by atoms with van der Waals surface area (Å²) in [5.41, 5.74) is -0.0688. The summed E-state index contributed by atoms with van der Waals surface area (Å²) in [5.74, 6) is -1.75. The molecule has 2 N–H and O–H groups in total. The molecule has 7 heteroatoms. The van der Waals surface area contributed by atoms with Gasteiger partial charge in [-0.1, -0.05) is 44.2 Å². The highest BCUT2D eigenvalue weighted by Crippen LogP contribution is 2.31. The predicted octanol–water partition coefficient (Wildman–Crippen LogP) is 4.09. The Morgan fingerprint density at radius 1 is 1.00 bits per heavy atom. The van der Waals surface area contributed by atoms with Gasteiger partial charge < -0.3 is 10.2 Å². The Morgan fingerprint density at radius 2 is 1.68 bits per heavy atom. The SMILES string of the molecule is CC(C)CN(c1ccc(C(=O)O)c(O)c1)S(=O)(=O)c1ccc2ccccc2c1. The van der Waals surface area contributed by atoms with Gasteiger partial charge in [0.15, 0.2) is 0 Å². The molecule has 3 rings (SSSR count). The van der Waals surface area contributed by atoms with Crippen molar-refractivity contribution in [1.82, 2.24) is 0 Å². The molecule has 0 aliphatic heterocycles. The Labute approximate surface area is 163 Å². The van der Waals surface area contributed by atoms with Crippen LogP contribution in [0.5, 0.6) is 5.75 Å². The minimum atomic E-state index is -3.92. The Hall–Kier alpha value is -3.06. The molecule has 3 aromatic rings. The van der Waals surface area contributed by atoms with Gasteiger partial charge in [0.1, 0.15) is 11.3 Å². The second-order valence-electron chi connectivity index (χ2n) is 6.95. The highest BCUT2D eigenvalue weighted by molar-refractivity contribution is 7.92. The van der Waals surface area contributed by atoms with E-state index in [2.05, 4.69) is 0 Å². The minimum Gasteiger partial charge on any atom is -0.507 e. The molecule has 0 saturated heterocycles. The van der Waals surface area contributed by atoms with Gasteiger partial charge in [0.05, 0.1) is 10.6 Å². The van der Waals surface area contributed by atoms with E-state index < -0.39 is 21.7 Å². The summed E-state index contributed by atoms with van der Waals surface area (Å²) in [6, 6.07) is 16.2. The standard InChI is InChI=1S/C21H21NO5S/c1-14(2)13-22(17-8-10-19(21(24)25)20(23)12-17)28(26,27)18-9-7-15-5-3-4-6-16(15)11-18/h3-12,14,23H,13H2,1-2H3,(H,24,25). The average molecular weight is 399 g/mol. The van der Waals surface area contributed by atoms with Gasteiger partial charge in [0.2, 0.25) is 0 Å². The van der Waals surface area contributed by atoms with E-state index >= 15 is 0 Å². The number of carboxylic acids is 1. The molecular weight excluding hydrogens is 378 g/mol. The fourth-order valence-corrected chi connectivity index (χ4v) is 4.64. The summed E-state index contributed by atoms with van der Waals surface area (Å²) in [5, 5.41) is 20.8. The highest BCUT2D eigenvalue weighted by Gasteiger charge is 2.27. The largest absolute Gasteiger partial charge is 0.507 e. The molecule has 6 nitrogen and oxygen atoms in total. The van der Waals surface area contributed by atoms with E-state index in [0.29, 0.717) is 0 Å². The molecule has 3 aromatic carbocycles. The molecule has 0 saturated carbocycles. The van der Waals surface area contributed by atoms with E-state index in [-0.39, 0.29) is 28.6 Å². The number of sulfonamides is 1. The van der Waals surface area contributed by atoms with Crippen molar-refractivity contribution in [2.75, 3.05) is 10.8 Å². The predicted molar refractivity (Wildman–Crippen MR) is 108 cm³/mol. The molecule has 0 bridgehead atoms. The number of aromatic hydroxyl groups is 1. The van der Waals surface area contributed by atoms with Gasteiger partial charge in [-0.15, -0.1) is 0 Å². The molecule has 0 aliphatic carbocycles. The number of carbonyl (C=O) groups is 1. The number of rotatable bonds is 6. The average Bonchev–Trinajstić information content (AvgIpc) is 2.65. The molecule has 0 fully saturated rings. The topological polar surface area (TPSA) is 94.9 Å². The maximum Gasteiger partial charge on any atom is 0.339 e. The van der Waals surface area contributed by atoms with Crippen LogP contribution in [0.1, 0.15) is 24.2 Å². The lowest BCUT2D eigenvalue weighted by Crippen LogP contribution is -2.34. The summed E-state index contributed by atoms with van der Waals surface area (Å²) >= 11 is 0. The highest BCUT2D eigenvalue weighted by atomic mass is 32.2. The maximum atomic E-state index is 13.4. The monoisotopic (exact) mass is 399 g/mol. The normalized spacial score (nSPS) is 11.7. The van der Waals surface area contributed by atoms with Crippen molar-refractivity contribution in [3.63, 3.8) is 0 Å². The maximum absolute atomic E-state index is 13.4. The van der Waals surface area contributed by atoms with Gasteiger partial charge in [-0.2, -0.15) is 0 Å². The Morgan fingerprint density at radius 3 is 2.29 bits per heavy atom. The summed E-state index contributed by atoms with van der Waals surface area (Å²) in [6.07, 6.45) is 0. The Kier molecular flexibility index (Phi) is 5.29. The number of phenols is 1. The number of hydrogen-bond acceptors (Lipinski definition) is 4. The zero-order chi connectivity index (χ0) is 20.5. The van der Waals surface area contributed by atoms with Gasteiger partial charge >= 0.3 is 5.97 Å². The number of anilines is 1. The molecule has 0 aliphatic rings. The first-order valence-corrected chi connectivity index (χ1v) is 10.2. The van der Waals surface area contributed by atoms with Crippen LogP contribution < -0.4 is 4.31 Å². The molecule has 0 radical (unpaired) electrons. The van der Waals surface area contributed by atoms with Crippen molar-refractivity contribution in [1.29, 1.82) is 0 Å². The van der Waals surface area contributed by atoms with Crippen LogP contribution in [0.25, 0.3) is 10.8 Å². The van der Waals surface area contributed by atoms with E-state index in [9.17, 15) is 18.3 Å². The van der Waals surface area contributed by atoms with Crippen LogP contribution in [0, 0.1) is 5.92 Å². The number of benzene rings is 3. The van der Waals surface area contributed by atoms with Crippen LogP contribution in [0.4, 0.5) is 5.69 Å². The number of fused-ring (bicyclic) bond motifs is 1. The third-order valence-corrected chi connectivity index (χ3v) is 6.13. The van der Waals surface area contributed by atoms with Crippen molar-refractivity contribution < 1.29 is 23.4 Å². The smallest absolute Gasteiger partial charge is 0.339 e. The van der Waals surface area contributed by atoms with Gasteiger partial charge in [0.25, 0.3) is 10.0 Å². The number of nitrogens with zero attached hydrogens (tertiary/aromatic N) is 1. The molecule has 0 amide bonds. The lowest BCUT2D eigenvalue weighted by molar-refractivity contribution is 0.0693. The summed E-state index contributed by atoms with van der Waals surface area (Å²) in [4.78, 5) is 11.3. The van der Waals surface area contributed by atoms with Crippen molar-refractivity contribution in [3.05, 3.63) is 66.2 Å². The van der Waals surface area contributed by atoms with Crippen LogP contribution in [0.15, 0.2) is 65.6 Å². The zero-order valence-electron chi connectivity index (χ0n) is 15.5. The fourth-order valence-electron chi connectivity index (χ4n) is 2.99. The molecule has 0 spiro atoms. The Bertz CT molecular complexity index is 1140. The van der Waals surface area contributed by atoms with Gasteiger partial charge in [-0.25, -0.2) is 13.2 Å². The van der Waals surface area contributed by atoms with E-state index in [1.807, 2.05) is 38.1 Å². The number of hydrogen-bond donors (Lipinski definition) is 2. The molecule has 0 unspecified atom stereocenters. The van der Waals surface area contributed by atoms with Crippen LogP contribution in [-0.4, -0.2) is 31.1 Å². The quantitative estimate of drug-likeness (QED) is 0.651. The van der Waals surface area contributed by atoms with Gasteiger partial charge in [0, 0.05) is 12.6 Å². The Balaban J connectivity index is 2.11. The second-order valence-corrected chi connectivity index (χ2v) is 8.81. The second kappa shape index (κ2) is 7.52. The van der Waals surface area contributed by atoms with E-state index in [4.69, 9.17) is 5.11 Å². The first-order valence-electron chi connectivity index (χ1n) is 8.78. The molecule has 28 heavy (non-hydrogen) atoms. The third-order valence-electron chi connectivity index (χ3n) is 4.34. The van der Waals surface area contributed by atoms with Crippen LogP contribution in [-0.2, 0) is 10.0 Å².